The Balaban J connectivity index is 2.03. The maximum atomic E-state index is 12.1. The first-order chi connectivity index (χ1) is 8.61. The summed E-state index contributed by atoms with van der Waals surface area (Å²) in [5, 5.41) is 10.7. The van der Waals surface area contributed by atoms with Gasteiger partial charge in [0.25, 0.3) is 11.8 Å². The first-order valence-corrected chi connectivity index (χ1v) is 5.61. The predicted molar refractivity (Wildman–Crippen MR) is 59.8 cm³/mol. The van der Waals surface area contributed by atoms with Crippen molar-refractivity contribution in [3.05, 3.63) is 35.4 Å². The maximum absolute atomic E-state index is 12.1. The highest BCUT2D eigenvalue weighted by molar-refractivity contribution is 6.21. The van der Waals surface area contributed by atoms with E-state index in [1.807, 2.05) is 0 Å². The van der Waals surface area contributed by atoms with E-state index in [2.05, 4.69) is 0 Å². The molecule has 1 saturated carbocycles. The fourth-order valence-electron chi connectivity index (χ4n) is 2.10. The molecule has 0 atom stereocenters. The van der Waals surface area contributed by atoms with E-state index < -0.39 is 17.9 Å². The molecule has 1 aromatic rings. The predicted octanol–water partition coefficient (Wildman–Crippen LogP) is 1.34. The van der Waals surface area contributed by atoms with Gasteiger partial charge in [-0.05, 0) is 25.0 Å². The SMILES string of the molecule is O=C1c2ccccc2C(=O)N1N(C(=O)O)C1CC1. The van der Waals surface area contributed by atoms with Crippen molar-refractivity contribution in [1.82, 2.24) is 10.0 Å². The van der Waals surface area contributed by atoms with Gasteiger partial charge in [-0.15, -0.1) is 0 Å². The van der Waals surface area contributed by atoms with Gasteiger partial charge in [-0.3, -0.25) is 9.59 Å². The number of nitrogens with zero attached hydrogens (tertiary/aromatic N) is 2. The lowest BCUT2D eigenvalue weighted by Crippen LogP contribution is -2.50. The second kappa shape index (κ2) is 3.56. The van der Waals surface area contributed by atoms with Crippen LogP contribution in [0.4, 0.5) is 4.79 Å². The molecule has 0 bridgehead atoms. The van der Waals surface area contributed by atoms with Gasteiger partial charge in [-0.25, -0.2) is 9.80 Å². The summed E-state index contributed by atoms with van der Waals surface area (Å²) in [4.78, 5) is 35.4. The van der Waals surface area contributed by atoms with Crippen LogP contribution in [-0.4, -0.2) is 39.1 Å². The van der Waals surface area contributed by atoms with Gasteiger partial charge in [0.2, 0.25) is 0 Å². The Labute approximate surface area is 102 Å². The molecule has 3 rings (SSSR count). The monoisotopic (exact) mass is 246 g/mol. The number of hydrazine groups is 1. The van der Waals surface area contributed by atoms with Crippen LogP contribution in [0.3, 0.4) is 0 Å². The summed E-state index contributed by atoms with van der Waals surface area (Å²) in [5.41, 5.74) is 0.517. The Kier molecular flexibility index (Phi) is 2.13. The molecule has 0 radical (unpaired) electrons. The second-order valence-corrected chi connectivity index (χ2v) is 4.33. The highest BCUT2D eigenvalue weighted by Crippen LogP contribution is 2.33. The fraction of sp³-hybridized carbons (Fsp3) is 0.250. The second-order valence-electron chi connectivity index (χ2n) is 4.33. The summed E-state index contributed by atoms with van der Waals surface area (Å²) in [6, 6.07) is 6.10. The topological polar surface area (TPSA) is 77.9 Å². The van der Waals surface area contributed by atoms with E-state index in [-0.39, 0.29) is 17.2 Å². The molecule has 1 fully saturated rings. The molecule has 1 N–H and O–H groups in total. The van der Waals surface area contributed by atoms with Crippen LogP contribution in [0, 0.1) is 0 Å². The molecule has 92 valence electrons. The number of amides is 3. The molecule has 1 aliphatic heterocycles. The first-order valence-electron chi connectivity index (χ1n) is 5.61. The normalized spacial score (nSPS) is 17.9. The van der Waals surface area contributed by atoms with Gasteiger partial charge >= 0.3 is 6.09 Å². The van der Waals surface area contributed by atoms with Crippen molar-refractivity contribution >= 4 is 17.9 Å². The molecular weight excluding hydrogens is 236 g/mol. The highest BCUT2D eigenvalue weighted by atomic mass is 16.4. The van der Waals surface area contributed by atoms with Gasteiger partial charge in [0.1, 0.15) is 0 Å². The standard InChI is InChI=1S/C12H10N2O4/c15-10-8-3-1-2-4-9(8)11(16)14(10)13(12(17)18)7-5-6-7/h1-4,7H,5-6H2,(H,17,18). The van der Waals surface area contributed by atoms with Gasteiger partial charge < -0.3 is 5.11 Å². The van der Waals surface area contributed by atoms with Crippen LogP contribution in [-0.2, 0) is 0 Å². The number of carbonyl (C=O) groups is 3. The third-order valence-corrected chi connectivity index (χ3v) is 3.08. The number of rotatable bonds is 2. The average Bonchev–Trinajstić information content (AvgIpc) is 3.14. The highest BCUT2D eigenvalue weighted by Gasteiger charge is 2.46. The molecule has 6 heteroatoms. The summed E-state index contributed by atoms with van der Waals surface area (Å²) >= 11 is 0. The van der Waals surface area contributed by atoms with Crippen molar-refractivity contribution in [1.29, 1.82) is 0 Å². The Bertz CT molecular complexity index is 530. The molecule has 2 aliphatic rings. The number of hydrogen-bond donors (Lipinski definition) is 1. The molecule has 1 aromatic carbocycles. The van der Waals surface area contributed by atoms with Crippen molar-refractivity contribution in [2.45, 2.75) is 18.9 Å². The van der Waals surface area contributed by atoms with Crippen LogP contribution in [0.1, 0.15) is 33.6 Å². The Morgan fingerprint density at radius 2 is 1.67 bits per heavy atom. The minimum Gasteiger partial charge on any atom is -0.464 e. The summed E-state index contributed by atoms with van der Waals surface area (Å²) < 4.78 is 0. The summed E-state index contributed by atoms with van der Waals surface area (Å²) in [6.07, 6.45) is 0.0892. The van der Waals surface area contributed by atoms with E-state index in [4.69, 9.17) is 5.11 Å². The summed E-state index contributed by atoms with van der Waals surface area (Å²) in [7, 11) is 0. The van der Waals surface area contributed by atoms with Crippen LogP contribution in [0.15, 0.2) is 24.3 Å². The third-order valence-electron chi connectivity index (χ3n) is 3.08. The zero-order chi connectivity index (χ0) is 12.9. The van der Waals surface area contributed by atoms with Crippen molar-refractivity contribution in [2.24, 2.45) is 0 Å². The van der Waals surface area contributed by atoms with E-state index >= 15 is 0 Å². The number of carbonyl (C=O) groups excluding carboxylic acids is 2. The quantitative estimate of drug-likeness (QED) is 0.799. The Morgan fingerprint density at radius 1 is 1.17 bits per heavy atom. The van der Waals surface area contributed by atoms with Crippen LogP contribution in [0.5, 0.6) is 0 Å². The average molecular weight is 246 g/mol. The summed E-state index contributed by atoms with van der Waals surface area (Å²) in [5.74, 6) is -1.13. The van der Waals surface area contributed by atoms with E-state index in [1.54, 1.807) is 12.1 Å². The van der Waals surface area contributed by atoms with E-state index in [1.165, 1.54) is 12.1 Å². The van der Waals surface area contributed by atoms with Gasteiger partial charge in [0.15, 0.2) is 0 Å². The minimum absolute atomic E-state index is 0.259. The van der Waals surface area contributed by atoms with Gasteiger partial charge in [-0.1, -0.05) is 12.1 Å². The van der Waals surface area contributed by atoms with Gasteiger partial charge in [0.05, 0.1) is 17.2 Å². The van der Waals surface area contributed by atoms with Crippen molar-refractivity contribution in [3.8, 4) is 0 Å². The van der Waals surface area contributed by atoms with E-state index in [0.717, 1.165) is 10.0 Å². The Morgan fingerprint density at radius 3 is 2.06 bits per heavy atom. The molecule has 0 spiro atoms. The summed E-state index contributed by atoms with van der Waals surface area (Å²) in [6.45, 7) is 0. The van der Waals surface area contributed by atoms with Crippen LogP contribution in [0.25, 0.3) is 0 Å². The molecule has 0 aromatic heterocycles. The molecule has 1 heterocycles. The van der Waals surface area contributed by atoms with Gasteiger partial charge in [-0.2, -0.15) is 5.01 Å². The van der Waals surface area contributed by atoms with Crippen LogP contribution >= 0.6 is 0 Å². The van der Waals surface area contributed by atoms with Crippen molar-refractivity contribution < 1.29 is 19.5 Å². The molecular formula is C12H10N2O4. The molecule has 6 nitrogen and oxygen atoms in total. The van der Waals surface area contributed by atoms with E-state index in [0.29, 0.717) is 12.8 Å². The number of imide groups is 1. The van der Waals surface area contributed by atoms with Crippen LogP contribution in [0.2, 0.25) is 0 Å². The zero-order valence-electron chi connectivity index (χ0n) is 9.37. The first kappa shape index (κ1) is 10.8. The van der Waals surface area contributed by atoms with E-state index in [9.17, 15) is 14.4 Å². The number of hydrogen-bond acceptors (Lipinski definition) is 3. The molecule has 0 unspecified atom stereocenters. The lowest BCUT2D eigenvalue weighted by Gasteiger charge is -2.26. The number of fused-ring (bicyclic) bond motifs is 1. The fourth-order valence-corrected chi connectivity index (χ4v) is 2.10. The number of benzene rings is 1. The third kappa shape index (κ3) is 1.38. The minimum atomic E-state index is -1.27. The molecule has 1 aliphatic carbocycles. The largest absolute Gasteiger partial charge is 0.464 e. The number of carboxylic acid groups (broad SMARTS) is 1. The smallest absolute Gasteiger partial charge is 0.427 e. The van der Waals surface area contributed by atoms with Gasteiger partial charge in [0, 0.05) is 0 Å². The maximum Gasteiger partial charge on any atom is 0.427 e. The zero-order valence-corrected chi connectivity index (χ0v) is 9.37. The lowest BCUT2D eigenvalue weighted by atomic mass is 10.1. The Hall–Kier alpha value is -2.37. The van der Waals surface area contributed by atoms with Crippen molar-refractivity contribution in [3.63, 3.8) is 0 Å². The molecule has 3 amide bonds. The lowest BCUT2D eigenvalue weighted by molar-refractivity contribution is 0.00308. The molecule has 18 heavy (non-hydrogen) atoms. The van der Waals surface area contributed by atoms with Crippen LogP contribution < -0.4 is 0 Å². The van der Waals surface area contributed by atoms with Crippen molar-refractivity contribution in [2.75, 3.05) is 0 Å². The molecule has 0 saturated heterocycles.